The summed E-state index contributed by atoms with van der Waals surface area (Å²) < 4.78 is 0. The summed E-state index contributed by atoms with van der Waals surface area (Å²) in [6.45, 7) is 1.52. The fourth-order valence-corrected chi connectivity index (χ4v) is 2.70. The Morgan fingerprint density at radius 1 is 1.04 bits per heavy atom. The van der Waals surface area contributed by atoms with Crippen LogP contribution in [0.4, 0.5) is 10.5 Å². The Kier molecular flexibility index (Phi) is 6.34. The number of carbonyl (C=O) groups is 2. The third-order valence-electron chi connectivity index (χ3n) is 3.78. The molecule has 2 rings (SSSR count). The monoisotopic (exact) mass is 334 g/mol. The lowest BCUT2D eigenvalue weighted by Crippen LogP contribution is -2.51. The Morgan fingerprint density at radius 2 is 1.70 bits per heavy atom. The molecule has 0 aliphatic heterocycles. The van der Waals surface area contributed by atoms with E-state index in [0.29, 0.717) is 5.56 Å². The van der Waals surface area contributed by atoms with Crippen LogP contribution >= 0.6 is 12.2 Å². The summed E-state index contributed by atoms with van der Waals surface area (Å²) in [4.78, 5) is 23.0. The maximum atomic E-state index is 11.8. The van der Waals surface area contributed by atoms with Gasteiger partial charge in [-0.25, -0.2) is 10.2 Å². The van der Waals surface area contributed by atoms with E-state index < -0.39 is 0 Å². The van der Waals surface area contributed by atoms with Gasteiger partial charge in [0, 0.05) is 17.3 Å². The molecule has 0 atom stereocenters. The summed E-state index contributed by atoms with van der Waals surface area (Å²) in [5.74, 6) is 0.0123. The van der Waals surface area contributed by atoms with Gasteiger partial charge >= 0.3 is 6.03 Å². The number of amides is 2. The molecule has 124 valence electrons. The molecule has 0 saturated heterocycles. The number of hydrogen-bond acceptors (Lipinski definition) is 3. The fourth-order valence-electron chi connectivity index (χ4n) is 2.53. The maximum absolute atomic E-state index is 11.8. The van der Waals surface area contributed by atoms with Gasteiger partial charge in [0.25, 0.3) is 0 Å². The number of Topliss-reactive ketones (excluding diaryl/α,β-unsaturated/α-hetero) is 1. The number of thiocarbonyl (C=S) groups is 1. The van der Waals surface area contributed by atoms with Crippen LogP contribution in [0.2, 0.25) is 0 Å². The predicted octanol–water partition coefficient (Wildman–Crippen LogP) is 2.72. The number of hydrogen-bond donors (Lipinski definition) is 4. The molecule has 1 aliphatic rings. The second-order valence-electron chi connectivity index (χ2n) is 5.65. The summed E-state index contributed by atoms with van der Waals surface area (Å²) in [5.41, 5.74) is 6.55. The molecular weight excluding hydrogens is 312 g/mol. The van der Waals surface area contributed by atoms with Gasteiger partial charge in [-0.1, -0.05) is 19.3 Å². The molecule has 0 heterocycles. The molecule has 1 aliphatic carbocycles. The molecule has 2 amide bonds. The van der Waals surface area contributed by atoms with Crippen molar-refractivity contribution in [1.82, 2.24) is 16.2 Å². The lowest BCUT2D eigenvalue weighted by atomic mass is 9.96. The summed E-state index contributed by atoms with van der Waals surface area (Å²) in [5, 5.41) is 6.13. The molecule has 1 saturated carbocycles. The van der Waals surface area contributed by atoms with Gasteiger partial charge in [0.05, 0.1) is 0 Å². The molecule has 0 aromatic heterocycles. The number of rotatable bonds is 3. The molecule has 0 radical (unpaired) electrons. The smallest absolute Gasteiger partial charge is 0.333 e. The lowest BCUT2D eigenvalue weighted by molar-refractivity contribution is 0.101. The Balaban J connectivity index is 1.71. The van der Waals surface area contributed by atoms with Crippen LogP contribution in [0.5, 0.6) is 0 Å². The third-order valence-corrected chi connectivity index (χ3v) is 3.98. The molecule has 23 heavy (non-hydrogen) atoms. The number of anilines is 1. The van der Waals surface area contributed by atoms with E-state index in [0.717, 1.165) is 31.4 Å². The minimum absolute atomic E-state index is 0.0123. The van der Waals surface area contributed by atoms with E-state index in [1.165, 1.54) is 13.3 Å². The fraction of sp³-hybridized carbons (Fsp3) is 0.438. The molecule has 6 nitrogen and oxygen atoms in total. The molecule has 7 heteroatoms. The van der Waals surface area contributed by atoms with Gasteiger partial charge in [0.15, 0.2) is 10.9 Å². The summed E-state index contributed by atoms with van der Waals surface area (Å²) in [6.07, 6.45) is 5.62. The molecule has 4 N–H and O–H groups in total. The van der Waals surface area contributed by atoms with Gasteiger partial charge in [-0.2, -0.15) is 0 Å². The van der Waals surface area contributed by atoms with Crippen molar-refractivity contribution >= 4 is 34.8 Å². The van der Waals surface area contributed by atoms with E-state index >= 15 is 0 Å². The zero-order valence-electron chi connectivity index (χ0n) is 13.1. The second kappa shape index (κ2) is 8.47. The van der Waals surface area contributed by atoms with Crippen molar-refractivity contribution in [2.24, 2.45) is 0 Å². The predicted molar refractivity (Wildman–Crippen MR) is 94.3 cm³/mol. The normalized spacial score (nSPS) is 14.7. The zero-order chi connectivity index (χ0) is 16.7. The first-order chi connectivity index (χ1) is 11.0. The third kappa shape index (κ3) is 5.86. The minimum atomic E-state index is -0.284. The molecule has 1 aromatic rings. The zero-order valence-corrected chi connectivity index (χ0v) is 14.0. The average molecular weight is 334 g/mol. The SMILES string of the molecule is CC(=O)c1ccc(NC(=S)NNC(=O)NC2CCCCC2)cc1. The largest absolute Gasteiger partial charge is 0.334 e. The van der Waals surface area contributed by atoms with Gasteiger partial charge in [0.2, 0.25) is 0 Å². The van der Waals surface area contributed by atoms with E-state index in [2.05, 4.69) is 21.5 Å². The summed E-state index contributed by atoms with van der Waals surface area (Å²) in [7, 11) is 0. The van der Waals surface area contributed by atoms with Crippen LogP contribution in [0.3, 0.4) is 0 Å². The van der Waals surface area contributed by atoms with Gasteiger partial charge in [-0.05, 0) is 56.2 Å². The highest BCUT2D eigenvalue weighted by molar-refractivity contribution is 7.80. The van der Waals surface area contributed by atoms with Gasteiger partial charge < -0.3 is 10.6 Å². The van der Waals surface area contributed by atoms with Crippen molar-refractivity contribution in [3.05, 3.63) is 29.8 Å². The standard InChI is InChI=1S/C16H22N4O2S/c1-11(21)12-7-9-14(10-8-12)18-16(23)20-19-15(22)17-13-5-3-2-4-6-13/h7-10,13H,2-6H2,1H3,(H2,17,19,22)(H2,18,20,23). The molecule has 0 spiro atoms. The number of hydrazine groups is 1. The number of benzene rings is 1. The van der Waals surface area contributed by atoms with Crippen LogP contribution < -0.4 is 21.5 Å². The second-order valence-corrected chi connectivity index (χ2v) is 6.05. The van der Waals surface area contributed by atoms with Crippen LogP contribution in [-0.4, -0.2) is 23.0 Å². The highest BCUT2D eigenvalue weighted by Crippen LogP contribution is 2.17. The van der Waals surface area contributed by atoms with Crippen LogP contribution in [0.25, 0.3) is 0 Å². The Hall–Kier alpha value is -2.15. The molecular formula is C16H22N4O2S. The maximum Gasteiger partial charge on any atom is 0.333 e. The van der Waals surface area contributed by atoms with Crippen molar-refractivity contribution < 1.29 is 9.59 Å². The average Bonchev–Trinajstić information content (AvgIpc) is 2.54. The quantitative estimate of drug-likeness (QED) is 0.388. The van der Waals surface area contributed by atoms with E-state index in [9.17, 15) is 9.59 Å². The minimum Gasteiger partial charge on any atom is -0.334 e. The van der Waals surface area contributed by atoms with Crippen molar-refractivity contribution in [2.45, 2.75) is 45.1 Å². The summed E-state index contributed by atoms with van der Waals surface area (Å²) in [6, 6.07) is 6.91. The van der Waals surface area contributed by atoms with Crippen LogP contribution in [0.1, 0.15) is 49.4 Å². The molecule has 0 unspecified atom stereocenters. The van der Waals surface area contributed by atoms with Gasteiger partial charge in [-0.15, -0.1) is 0 Å². The van der Waals surface area contributed by atoms with Crippen molar-refractivity contribution in [3.8, 4) is 0 Å². The van der Waals surface area contributed by atoms with Crippen molar-refractivity contribution in [1.29, 1.82) is 0 Å². The number of ketones is 1. The van der Waals surface area contributed by atoms with Gasteiger partial charge in [0.1, 0.15) is 0 Å². The Morgan fingerprint density at radius 3 is 2.30 bits per heavy atom. The highest BCUT2D eigenvalue weighted by atomic mass is 32.1. The lowest BCUT2D eigenvalue weighted by Gasteiger charge is -2.23. The first kappa shape index (κ1) is 17.2. The molecule has 1 aromatic carbocycles. The molecule has 1 fully saturated rings. The Bertz CT molecular complexity index is 568. The van der Waals surface area contributed by atoms with Crippen molar-refractivity contribution in [3.63, 3.8) is 0 Å². The van der Waals surface area contributed by atoms with Crippen LogP contribution in [-0.2, 0) is 0 Å². The van der Waals surface area contributed by atoms with E-state index in [1.807, 2.05) is 0 Å². The first-order valence-corrected chi connectivity index (χ1v) is 8.20. The van der Waals surface area contributed by atoms with E-state index in [-0.39, 0.29) is 23.0 Å². The van der Waals surface area contributed by atoms with Crippen molar-refractivity contribution in [2.75, 3.05) is 5.32 Å². The highest BCUT2D eigenvalue weighted by Gasteiger charge is 2.15. The first-order valence-electron chi connectivity index (χ1n) is 7.79. The molecule has 0 bridgehead atoms. The van der Waals surface area contributed by atoms with E-state index in [1.54, 1.807) is 24.3 Å². The number of urea groups is 1. The summed E-state index contributed by atoms with van der Waals surface area (Å²) >= 11 is 5.11. The van der Waals surface area contributed by atoms with Crippen LogP contribution in [0, 0.1) is 0 Å². The van der Waals surface area contributed by atoms with Crippen LogP contribution in [0.15, 0.2) is 24.3 Å². The number of carbonyl (C=O) groups excluding carboxylic acids is 2. The Labute approximate surface area is 141 Å². The van der Waals surface area contributed by atoms with E-state index in [4.69, 9.17) is 12.2 Å². The topological polar surface area (TPSA) is 82.3 Å². The number of nitrogens with one attached hydrogen (secondary N) is 4. The van der Waals surface area contributed by atoms with Gasteiger partial charge in [-0.3, -0.25) is 10.2 Å².